The molecule has 1 N–H and O–H groups in total. The Morgan fingerprint density at radius 3 is 2.57 bits per heavy atom. The molecular formula is C19H17BrN2S. The first-order valence-corrected chi connectivity index (χ1v) is 8.57. The van der Waals surface area contributed by atoms with Gasteiger partial charge in [0.25, 0.3) is 0 Å². The molecule has 116 valence electrons. The molecule has 0 fully saturated rings. The highest BCUT2D eigenvalue weighted by atomic mass is 79.9. The van der Waals surface area contributed by atoms with Gasteiger partial charge in [0.1, 0.15) is 0 Å². The molecule has 0 radical (unpaired) electrons. The van der Waals surface area contributed by atoms with Crippen molar-refractivity contribution >= 4 is 49.7 Å². The van der Waals surface area contributed by atoms with Gasteiger partial charge in [0.2, 0.25) is 0 Å². The molecule has 0 aliphatic heterocycles. The van der Waals surface area contributed by atoms with E-state index in [-0.39, 0.29) is 0 Å². The van der Waals surface area contributed by atoms with Crippen molar-refractivity contribution in [3.8, 4) is 0 Å². The lowest BCUT2D eigenvalue weighted by Crippen LogP contribution is -2.30. The molecule has 2 nitrogen and oxygen atoms in total. The van der Waals surface area contributed by atoms with Crippen molar-refractivity contribution in [2.75, 3.05) is 12.4 Å². The Morgan fingerprint density at radius 2 is 1.78 bits per heavy atom. The Bertz CT molecular complexity index is 847. The molecule has 0 heterocycles. The highest BCUT2D eigenvalue weighted by molar-refractivity contribution is 9.10. The van der Waals surface area contributed by atoms with Crippen LogP contribution >= 0.6 is 28.1 Å². The first-order valence-electron chi connectivity index (χ1n) is 7.37. The molecular weight excluding hydrogens is 368 g/mol. The molecule has 0 aromatic heterocycles. The summed E-state index contributed by atoms with van der Waals surface area (Å²) in [7, 11) is 2.00. The summed E-state index contributed by atoms with van der Waals surface area (Å²) in [6, 6.07) is 22.9. The van der Waals surface area contributed by atoms with Gasteiger partial charge in [0.05, 0.1) is 0 Å². The summed E-state index contributed by atoms with van der Waals surface area (Å²) < 4.78 is 1.03. The molecule has 0 atom stereocenters. The zero-order chi connectivity index (χ0) is 16.2. The topological polar surface area (TPSA) is 15.3 Å². The highest BCUT2D eigenvalue weighted by Crippen LogP contribution is 2.18. The van der Waals surface area contributed by atoms with Gasteiger partial charge in [-0.15, -0.1) is 0 Å². The molecule has 0 bridgehead atoms. The van der Waals surface area contributed by atoms with E-state index in [1.165, 1.54) is 16.3 Å². The minimum absolute atomic E-state index is 0.705. The maximum Gasteiger partial charge on any atom is 0.173 e. The number of rotatable bonds is 3. The summed E-state index contributed by atoms with van der Waals surface area (Å²) in [5.74, 6) is 0. The zero-order valence-corrected chi connectivity index (χ0v) is 15.2. The predicted molar refractivity (Wildman–Crippen MR) is 106 cm³/mol. The molecule has 3 aromatic rings. The fourth-order valence-electron chi connectivity index (χ4n) is 2.47. The van der Waals surface area contributed by atoms with Gasteiger partial charge in [0, 0.05) is 23.8 Å². The number of benzene rings is 3. The van der Waals surface area contributed by atoms with Crippen LogP contribution in [0.4, 0.5) is 5.69 Å². The summed E-state index contributed by atoms with van der Waals surface area (Å²) in [5, 5.41) is 6.48. The van der Waals surface area contributed by atoms with Crippen LogP contribution in [-0.4, -0.2) is 17.1 Å². The molecule has 3 aromatic carbocycles. The lowest BCUT2D eigenvalue weighted by Gasteiger charge is -2.21. The summed E-state index contributed by atoms with van der Waals surface area (Å²) in [4.78, 5) is 2.04. The van der Waals surface area contributed by atoms with E-state index in [2.05, 4.69) is 63.7 Å². The number of anilines is 1. The quantitative estimate of drug-likeness (QED) is 0.605. The third-order valence-corrected chi connectivity index (χ3v) is 4.56. The number of hydrogen-bond donors (Lipinski definition) is 1. The summed E-state index contributed by atoms with van der Waals surface area (Å²) in [5.41, 5.74) is 2.22. The molecule has 0 aliphatic carbocycles. The Kier molecular flexibility index (Phi) is 4.94. The van der Waals surface area contributed by atoms with E-state index in [4.69, 9.17) is 12.2 Å². The second-order valence-corrected chi connectivity index (χ2v) is 6.78. The van der Waals surface area contributed by atoms with E-state index in [9.17, 15) is 0 Å². The SMILES string of the molecule is CN(Cc1ccc2ccccc2c1)C(=S)Nc1cccc(Br)c1. The first kappa shape index (κ1) is 16.0. The van der Waals surface area contributed by atoms with Gasteiger partial charge < -0.3 is 10.2 Å². The lowest BCUT2D eigenvalue weighted by molar-refractivity contribution is 0.509. The first-order chi connectivity index (χ1) is 11.1. The molecule has 0 aliphatic rings. The average Bonchev–Trinajstić information content (AvgIpc) is 2.54. The standard InChI is InChI=1S/C19H17BrN2S/c1-22(19(23)21-18-8-4-7-17(20)12-18)13-14-9-10-15-5-2-3-6-16(15)11-14/h2-12H,13H2,1H3,(H,21,23). The second kappa shape index (κ2) is 7.11. The van der Waals surface area contributed by atoms with E-state index in [0.717, 1.165) is 16.7 Å². The van der Waals surface area contributed by atoms with Crippen molar-refractivity contribution in [1.82, 2.24) is 4.90 Å². The fourth-order valence-corrected chi connectivity index (χ4v) is 3.05. The third kappa shape index (κ3) is 4.09. The molecule has 0 saturated heterocycles. The van der Waals surface area contributed by atoms with Gasteiger partial charge >= 0.3 is 0 Å². The normalized spacial score (nSPS) is 10.5. The van der Waals surface area contributed by atoms with Gasteiger partial charge in [-0.3, -0.25) is 0 Å². The number of fused-ring (bicyclic) bond motifs is 1. The molecule has 23 heavy (non-hydrogen) atoms. The van der Waals surface area contributed by atoms with Crippen molar-refractivity contribution in [3.05, 3.63) is 76.8 Å². The summed E-state index contributed by atoms with van der Waals surface area (Å²) >= 11 is 8.97. The highest BCUT2D eigenvalue weighted by Gasteiger charge is 2.06. The van der Waals surface area contributed by atoms with Crippen LogP contribution in [0, 0.1) is 0 Å². The predicted octanol–water partition coefficient (Wildman–Crippen LogP) is 5.43. The number of nitrogens with zero attached hydrogens (tertiary/aromatic N) is 1. The number of hydrogen-bond acceptors (Lipinski definition) is 1. The average molecular weight is 385 g/mol. The molecule has 0 unspecified atom stereocenters. The molecule has 3 rings (SSSR count). The van der Waals surface area contributed by atoms with Crippen LogP contribution in [0.15, 0.2) is 71.2 Å². The van der Waals surface area contributed by atoms with Gasteiger partial charge in [-0.25, -0.2) is 0 Å². The molecule has 0 saturated carbocycles. The van der Waals surface area contributed by atoms with Crippen LogP contribution in [0.5, 0.6) is 0 Å². The summed E-state index contributed by atoms with van der Waals surface area (Å²) in [6.07, 6.45) is 0. The van der Waals surface area contributed by atoms with E-state index in [1.54, 1.807) is 0 Å². The van der Waals surface area contributed by atoms with Crippen LogP contribution in [0.1, 0.15) is 5.56 Å². The van der Waals surface area contributed by atoms with E-state index in [1.807, 2.05) is 36.2 Å². The van der Waals surface area contributed by atoms with Gasteiger partial charge in [0.15, 0.2) is 5.11 Å². The monoisotopic (exact) mass is 384 g/mol. The van der Waals surface area contributed by atoms with Crippen molar-refractivity contribution < 1.29 is 0 Å². The lowest BCUT2D eigenvalue weighted by atomic mass is 10.1. The van der Waals surface area contributed by atoms with Crippen molar-refractivity contribution in [3.63, 3.8) is 0 Å². The number of halogens is 1. The fraction of sp³-hybridized carbons (Fsp3) is 0.105. The van der Waals surface area contributed by atoms with Crippen LogP contribution in [0.3, 0.4) is 0 Å². The maximum atomic E-state index is 5.50. The van der Waals surface area contributed by atoms with E-state index >= 15 is 0 Å². The second-order valence-electron chi connectivity index (χ2n) is 5.48. The number of nitrogens with one attached hydrogen (secondary N) is 1. The van der Waals surface area contributed by atoms with Gasteiger partial charge in [-0.2, -0.15) is 0 Å². The Hall–Kier alpha value is -1.91. The van der Waals surface area contributed by atoms with Gasteiger partial charge in [-0.05, 0) is 52.8 Å². The zero-order valence-electron chi connectivity index (χ0n) is 12.8. The van der Waals surface area contributed by atoms with Crippen LogP contribution in [0.2, 0.25) is 0 Å². The van der Waals surface area contributed by atoms with E-state index < -0.39 is 0 Å². The Labute approximate surface area is 150 Å². The van der Waals surface area contributed by atoms with Crippen molar-refractivity contribution in [2.45, 2.75) is 6.54 Å². The maximum absolute atomic E-state index is 5.50. The van der Waals surface area contributed by atoms with E-state index in [0.29, 0.717) is 5.11 Å². The number of thiocarbonyl (C=S) groups is 1. The van der Waals surface area contributed by atoms with Crippen molar-refractivity contribution in [1.29, 1.82) is 0 Å². The summed E-state index contributed by atoms with van der Waals surface area (Å²) in [6.45, 7) is 0.769. The molecule has 4 heteroatoms. The van der Waals surface area contributed by atoms with Crippen LogP contribution in [0.25, 0.3) is 10.8 Å². The molecule has 0 amide bonds. The molecule has 0 spiro atoms. The third-order valence-electron chi connectivity index (χ3n) is 3.66. The van der Waals surface area contributed by atoms with Crippen LogP contribution < -0.4 is 5.32 Å². The van der Waals surface area contributed by atoms with Gasteiger partial charge in [-0.1, -0.05) is 58.4 Å². The Balaban J connectivity index is 1.69. The largest absolute Gasteiger partial charge is 0.348 e. The van der Waals surface area contributed by atoms with Crippen molar-refractivity contribution in [2.24, 2.45) is 0 Å². The minimum Gasteiger partial charge on any atom is -0.348 e. The minimum atomic E-state index is 0.705. The Morgan fingerprint density at radius 1 is 1.00 bits per heavy atom. The van der Waals surface area contributed by atoms with Crippen LogP contribution in [-0.2, 0) is 6.54 Å². The smallest absolute Gasteiger partial charge is 0.173 e.